The summed E-state index contributed by atoms with van der Waals surface area (Å²) < 4.78 is 7.53. The molecule has 1 aliphatic heterocycles. The topological polar surface area (TPSA) is 91.0 Å². The van der Waals surface area contributed by atoms with Gasteiger partial charge in [-0.15, -0.1) is 5.10 Å². The molecule has 8 nitrogen and oxygen atoms in total. The van der Waals surface area contributed by atoms with Gasteiger partial charge in [-0.2, -0.15) is 4.98 Å². The molecular weight excluding hydrogens is 342 g/mol. The van der Waals surface area contributed by atoms with Crippen LogP contribution in [0, 0.1) is 11.8 Å². The minimum Gasteiger partial charge on any atom is -0.419 e. The van der Waals surface area contributed by atoms with Crippen LogP contribution in [0.2, 0.25) is 0 Å². The Balaban J connectivity index is 1.35. The number of aliphatic imine (C=N–C) groups is 1. The summed E-state index contributed by atoms with van der Waals surface area (Å²) in [6.07, 6.45) is 12.8. The Labute approximate surface area is 156 Å². The number of nitrogens with zero attached hydrogens (tertiary/aromatic N) is 7. The third-order valence-corrected chi connectivity index (χ3v) is 5.18. The lowest BCUT2D eigenvalue weighted by atomic mass is 9.77. The monoisotopic (exact) mass is 361 g/mol. The Hall–Kier alpha value is -3.16. The van der Waals surface area contributed by atoms with Crippen LogP contribution in [-0.2, 0) is 6.54 Å². The SMILES string of the molecule is C1=C[C@@H]2C[C@H](Cn3nnc4ncc(Oc5ccccn5)nc43)CCC2N=C1. The molecule has 0 N–H and O–H groups in total. The maximum atomic E-state index is 5.69. The summed E-state index contributed by atoms with van der Waals surface area (Å²) in [6, 6.07) is 5.92. The van der Waals surface area contributed by atoms with E-state index in [1.165, 1.54) is 0 Å². The fourth-order valence-electron chi connectivity index (χ4n) is 3.86. The predicted molar refractivity (Wildman–Crippen MR) is 99.7 cm³/mol. The van der Waals surface area contributed by atoms with Crippen molar-refractivity contribution in [3.05, 3.63) is 42.7 Å². The Morgan fingerprint density at radius 1 is 1.15 bits per heavy atom. The van der Waals surface area contributed by atoms with Crippen LogP contribution in [0.5, 0.6) is 11.8 Å². The summed E-state index contributed by atoms with van der Waals surface area (Å²) in [7, 11) is 0. The predicted octanol–water partition coefficient (Wildman–Crippen LogP) is 2.83. The van der Waals surface area contributed by atoms with Crippen molar-refractivity contribution < 1.29 is 4.74 Å². The van der Waals surface area contributed by atoms with Crippen molar-refractivity contribution >= 4 is 17.5 Å². The molecule has 0 radical (unpaired) electrons. The van der Waals surface area contributed by atoms with E-state index in [1.54, 1.807) is 18.5 Å². The van der Waals surface area contributed by atoms with Gasteiger partial charge in [0.05, 0.1) is 12.2 Å². The maximum absolute atomic E-state index is 5.69. The van der Waals surface area contributed by atoms with Gasteiger partial charge in [0, 0.05) is 25.0 Å². The van der Waals surface area contributed by atoms with E-state index in [0.29, 0.717) is 40.9 Å². The van der Waals surface area contributed by atoms with Gasteiger partial charge in [0.15, 0.2) is 0 Å². The van der Waals surface area contributed by atoms with Crippen molar-refractivity contribution in [3.63, 3.8) is 0 Å². The van der Waals surface area contributed by atoms with Gasteiger partial charge in [-0.3, -0.25) is 4.99 Å². The van der Waals surface area contributed by atoms with Gasteiger partial charge in [0.25, 0.3) is 0 Å². The second kappa shape index (κ2) is 6.86. The normalized spacial score (nSPS) is 24.1. The highest BCUT2D eigenvalue weighted by Gasteiger charge is 2.30. The number of pyridine rings is 1. The number of dihydropyridines is 1. The number of rotatable bonds is 4. The first-order chi connectivity index (χ1) is 13.3. The van der Waals surface area contributed by atoms with Crippen LogP contribution < -0.4 is 4.74 Å². The Bertz CT molecular complexity index is 998. The number of aromatic nitrogens is 6. The van der Waals surface area contributed by atoms with E-state index in [0.717, 1.165) is 25.8 Å². The highest BCUT2D eigenvalue weighted by molar-refractivity contribution is 5.72. The molecule has 3 aromatic heterocycles. The molecule has 1 unspecified atom stereocenters. The second-order valence-electron chi connectivity index (χ2n) is 6.99. The summed E-state index contributed by atoms with van der Waals surface area (Å²) in [6.45, 7) is 0.777. The summed E-state index contributed by atoms with van der Waals surface area (Å²) in [5.41, 5.74) is 1.17. The molecule has 1 aliphatic carbocycles. The molecule has 0 saturated heterocycles. The zero-order valence-corrected chi connectivity index (χ0v) is 14.7. The van der Waals surface area contributed by atoms with Crippen LogP contribution in [0.15, 0.2) is 47.7 Å². The highest BCUT2D eigenvalue weighted by Crippen LogP contribution is 2.34. The molecule has 0 aromatic carbocycles. The minimum atomic E-state index is 0.387. The van der Waals surface area contributed by atoms with Crippen LogP contribution >= 0.6 is 0 Å². The number of fused-ring (bicyclic) bond motifs is 2. The largest absolute Gasteiger partial charge is 0.419 e. The van der Waals surface area contributed by atoms with E-state index in [9.17, 15) is 0 Å². The van der Waals surface area contributed by atoms with Crippen LogP contribution in [0.4, 0.5) is 0 Å². The molecule has 3 atom stereocenters. The van der Waals surface area contributed by atoms with E-state index in [4.69, 9.17) is 4.74 Å². The highest BCUT2D eigenvalue weighted by atomic mass is 16.5. The average Bonchev–Trinajstić information content (AvgIpc) is 3.11. The molecule has 8 heteroatoms. The van der Waals surface area contributed by atoms with Crippen molar-refractivity contribution in [2.45, 2.75) is 31.8 Å². The number of allylic oxidation sites excluding steroid dienone is 1. The third-order valence-electron chi connectivity index (χ3n) is 5.18. The van der Waals surface area contributed by atoms with E-state index >= 15 is 0 Å². The molecule has 0 bridgehead atoms. The van der Waals surface area contributed by atoms with Crippen LogP contribution in [0.3, 0.4) is 0 Å². The molecule has 0 amide bonds. The Morgan fingerprint density at radius 3 is 3.07 bits per heavy atom. The number of ether oxygens (including phenoxy) is 1. The molecule has 0 spiro atoms. The van der Waals surface area contributed by atoms with E-state index in [2.05, 4.69) is 42.4 Å². The minimum absolute atomic E-state index is 0.387. The first-order valence-electron chi connectivity index (χ1n) is 9.20. The second-order valence-corrected chi connectivity index (χ2v) is 6.99. The van der Waals surface area contributed by atoms with Crippen molar-refractivity contribution in [1.82, 2.24) is 29.9 Å². The summed E-state index contributed by atoms with van der Waals surface area (Å²) >= 11 is 0. The van der Waals surface area contributed by atoms with Crippen LogP contribution in [-0.4, -0.2) is 42.2 Å². The van der Waals surface area contributed by atoms with Gasteiger partial charge in [0.2, 0.25) is 23.1 Å². The third kappa shape index (κ3) is 3.30. The van der Waals surface area contributed by atoms with Gasteiger partial charge in [0.1, 0.15) is 0 Å². The fraction of sp³-hybridized carbons (Fsp3) is 0.368. The molecule has 1 fully saturated rings. The standard InChI is InChI=1S/C19H19N7O/c1-2-8-21-16(5-1)27-17-11-22-18-19(23-17)26(25-24-18)12-13-6-7-15-14(10-13)4-3-9-20-15/h1-5,8-9,11,13-15H,6-7,10,12H2/t13-,14-,15?/m1/s1. The maximum Gasteiger partial charge on any atom is 0.241 e. The van der Waals surface area contributed by atoms with E-state index in [-0.39, 0.29) is 0 Å². The molecule has 5 rings (SSSR count). The van der Waals surface area contributed by atoms with E-state index < -0.39 is 0 Å². The fourth-order valence-corrected chi connectivity index (χ4v) is 3.86. The first-order valence-corrected chi connectivity index (χ1v) is 9.20. The van der Waals surface area contributed by atoms with Crippen LogP contribution in [0.25, 0.3) is 11.3 Å². The lowest BCUT2D eigenvalue weighted by Crippen LogP contribution is -2.30. The lowest BCUT2D eigenvalue weighted by Gasteiger charge is -2.33. The number of hydrogen-bond acceptors (Lipinski definition) is 7. The van der Waals surface area contributed by atoms with Gasteiger partial charge in [-0.05, 0) is 43.2 Å². The zero-order chi connectivity index (χ0) is 18.1. The van der Waals surface area contributed by atoms with Crippen molar-refractivity contribution in [3.8, 4) is 11.8 Å². The molecule has 1 saturated carbocycles. The lowest BCUT2D eigenvalue weighted by molar-refractivity contribution is 0.241. The van der Waals surface area contributed by atoms with E-state index in [1.807, 2.05) is 23.0 Å². The van der Waals surface area contributed by atoms with Crippen molar-refractivity contribution in [1.29, 1.82) is 0 Å². The Kier molecular flexibility index (Phi) is 4.08. The zero-order valence-electron chi connectivity index (χ0n) is 14.7. The summed E-state index contributed by atoms with van der Waals surface area (Å²) in [4.78, 5) is 17.6. The van der Waals surface area contributed by atoms with Gasteiger partial charge >= 0.3 is 0 Å². The first kappa shape index (κ1) is 16.0. The van der Waals surface area contributed by atoms with Gasteiger partial charge < -0.3 is 4.74 Å². The Morgan fingerprint density at radius 2 is 2.15 bits per heavy atom. The van der Waals surface area contributed by atoms with Gasteiger partial charge in [-0.25, -0.2) is 14.6 Å². The van der Waals surface area contributed by atoms with Gasteiger partial charge in [-0.1, -0.05) is 17.4 Å². The van der Waals surface area contributed by atoms with Crippen molar-refractivity contribution in [2.75, 3.05) is 0 Å². The molecule has 2 aliphatic rings. The summed E-state index contributed by atoms with van der Waals surface area (Å²) in [5, 5.41) is 8.41. The molecule has 4 heterocycles. The number of hydrogen-bond donors (Lipinski definition) is 0. The van der Waals surface area contributed by atoms with Crippen LogP contribution in [0.1, 0.15) is 19.3 Å². The molecular formula is C19H19N7O. The average molecular weight is 361 g/mol. The smallest absolute Gasteiger partial charge is 0.241 e. The molecule has 136 valence electrons. The quantitative estimate of drug-likeness (QED) is 0.710. The van der Waals surface area contributed by atoms with Crippen molar-refractivity contribution in [2.24, 2.45) is 16.8 Å². The molecule has 27 heavy (non-hydrogen) atoms. The molecule has 3 aromatic rings. The summed E-state index contributed by atoms with van der Waals surface area (Å²) in [5.74, 6) is 1.92.